The highest BCUT2D eigenvalue weighted by Gasteiger charge is 2.17. The highest BCUT2D eigenvalue weighted by Crippen LogP contribution is 2.39. The number of fused-ring (bicyclic) bond motifs is 6. The third kappa shape index (κ3) is 6.24. The van der Waals surface area contributed by atoms with Gasteiger partial charge in [-0.15, -0.1) is 0 Å². The molecule has 0 bridgehead atoms. The first-order valence-electron chi connectivity index (χ1n) is 18.0. The molecule has 0 aliphatic rings. The molecule has 0 radical (unpaired) electrons. The Labute approximate surface area is 339 Å². The maximum atomic E-state index is 9.39. The summed E-state index contributed by atoms with van der Waals surface area (Å²) in [6.45, 7) is 0. The van der Waals surface area contributed by atoms with E-state index in [2.05, 4.69) is 171 Å². The number of halogens is 1. The Balaban J connectivity index is 0.00000105. The molecule has 0 saturated heterocycles. The minimum absolute atomic E-state index is 0. The number of nitriles is 2. The molecular weight excluding hydrogens is 736 g/mol. The molecule has 2 aromatic heterocycles. The number of hydrogen-bond acceptors (Lipinski definition) is 2. The summed E-state index contributed by atoms with van der Waals surface area (Å²) in [6.07, 6.45) is 0. The van der Waals surface area contributed by atoms with E-state index >= 15 is 0 Å². The van der Waals surface area contributed by atoms with Gasteiger partial charge in [-0.25, -0.2) is 0 Å². The maximum absolute atomic E-state index is 9.39. The Hall–Kier alpha value is -7.18. The van der Waals surface area contributed by atoms with Gasteiger partial charge in [0.05, 0.1) is 45.3 Å². The van der Waals surface area contributed by atoms with Gasteiger partial charge < -0.3 is 9.13 Å². The van der Waals surface area contributed by atoms with Crippen LogP contribution >= 0.6 is 15.9 Å². The van der Waals surface area contributed by atoms with E-state index in [-0.39, 0.29) is 11.4 Å². The zero-order chi connectivity index (χ0) is 37.3. The fourth-order valence-corrected chi connectivity index (χ4v) is 7.77. The molecule has 0 aliphatic heterocycles. The molecule has 0 aliphatic carbocycles. The zero-order valence-electron chi connectivity index (χ0n) is 29.6. The first kappa shape index (κ1) is 33.6. The molecule has 10 rings (SSSR count). The van der Waals surface area contributed by atoms with E-state index in [1.165, 1.54) is 49.3 Å². The molecule has 0 saturated carbocycles. The second-order valence-corrected chi connectivity index (χ2v) is 14.3. The van der Waals surface area contributed by atoms with Crippen molar-refractivity contribution in [3.8, 4) is 45.8 Å². The van der Waals surface area contributed by atoms with Crippen molar-refractivity contribution in [2.45, 2.75) is 0 Å². The van der Waals surface area contributed by atoms with E-state index < -0.39 is 0 Å². The molecule has 0 fully saturated rings. The lowest BCUT2D eigenvalue weighted by Gasteiger charge is -2.10. The van der Waals surface area contributed by atoms with Crippen molar-refractivity contribution in [3.05, 3.63) is 204 Å². The van der Waals surface area contributed by atoms with Crippen molar-refractivity contribution < 1.29 is 11.4 Å². The lowest BCUT2D eigenvalue weighted by atomic mass is 9.99. The molecule has 0 spiro atoms. The first-order chi connectivity index (χ1) is 27.1. The van der Waals surface area contributed by atoms with Crippen LogP contribution in [0.5, 0.6) is 0 Å². The average Bonchev–Trinajstić information content (AvgIpc) is 3.76. The molecule has 2 heterocycles. The quantitative estimate of drug-likeness (QED) is 0.178. The largest absolute Gasteiger partial charge is 0.309 e. The lowest BCUT2D eigenvalue weighted by Crippen LogP contribution is -1.94. The van der Waals surface area contributed by atoms with Crippen molar-refractivity contribution >= 4 is 59.5 Å². The van der Waals surface area contributed by atoms with Crippen LogP contribution in [0.3, 0.4) is 0 Å². The van der Waals surface area contributed by atoms with Gasteiger partial charge in [0.2, 0.25) is 0 Å². The minimum atomic E-state index is 0. The monoisotopic (exact) mass is 782 g/mol. The Morgan fingerprint density at radius 3 is 1.45 bits per heavy atom. The Morgan fingerprint density at radius 2 is 0.818 bits per heavy atom. The zero-order valence-corrected chi connectivity index (χ0v) is 31.2. The molecular formula is C50H47BrN4. The fourth-order valence-electron chi connectivity index (χ4n) is 7.51. The summed E-state index contributed by atoms with van der Waals surface area (Å²) in [5.74, 6) is 0. The highest BCUT2D eigenvalue weighted by molar-refractivity contribution is 9.10. The van der Waals surface area contributed by atoms with E-state index in [0.29, 0.717) is 11.1 Å². The molecule has 55 heavy (non-hydrogen) atoms. The molecule has 10 aromatic rings. The molecule has 0 amide bonds. The predicted octanol–water partition coefficient (Wildman–Crippen LogP) is 15.4. The predicted molar refractivity (Wildman–Crippen MR) is 246 cm³/mol. The number of nitrogens with zero attached hydrogens (tertiary/aromatic N) is 4. The van der Waals surface area contributed by atoms with Gasteiger partial charge in [0.25, 0.3) is 0 Å². The summed E-state index contributed by atoms with van der Waals surface area (Å²) in [7, 11) is 0. The van der Waals surface area contributed by atoms with Gasteiger partial charge in [0.15, 0.2) is 0 Å². The third-order valence-electron chi connectivity index (χ3n) is 10.1. The summed E-state index contributed by atoms with van der Waals surface area (Å²) in [5, 5.41) is 22.6. The van der Waals surface area contributed by atoms with E-state index in [1.54, 1.807) is 12.1 Å². The Kier molecular flexibility index (Phi) is 8.77. The molecule has 0 unspecified atom stereocenters. The average molecular weight is 784 g/mol. The highest BCUT2D eigenvalue weighted by atomic mass is 79.9. The number of rotatable bonds is 4. The topological polar surface area (TPSA) is 57.4 Å². The van der Waals surface area contributed by atoms with Crippen LogP contribution in [0.1, 0.15) is 22.5 Å². The number of hydrogen-bond donors (Lipinski definition) is 0. The van der Waals surface area contributed by atoms with Crippen LogP contribution in [0.25, 0.3) is 77.2 Å². The summed E-state index contributed by atoms with van der Waals surface area (Å²) < 4.78 is 5.68. The van der Waals surface area contributed by atoms with E-state index in [1.807, 2.05) is 42.5 Å². The van der Waals surface area contributed by atoms with Crippen molar-refractivity contribution in [1.82, 2.24) is 9.13 Å². The molecule has 0 N–H and O–H groups in total. The number of para-hydroxylation sites is 2. The number of benzene rings is 8. The van der Waals surface area contributed by atoms with Crippen LogP contribution in [-0.2, 0) is 0 Å². The summed E-state index contributed by atoms with van der Waals surface area (Å²) in [6, 6.07) is 69.6. The standard InChI is InChI=1S/C43H27N3.C7H4BrN.8H2/c44-28-29-15-20-35(21-16-29)46-40-14-8-7-13-36(40)37-22-17-33(27-43(37)46)32-19-24-42-39(26-32)38-25-31(30-9-3-1-4-10-30)18-23-41(38)45(42)34-11-5-2-6-12-34;8-7-3-1-6(5-9)2-4-7;;;;;;;;/h1-27H;1-4H;8*1H. The second kappa shape index (κ2) is 14.3. The van der Waals surface area contributed by atoms with Crippen LogP contribution in [0.2, 0.25) is 0 Å². The van der Waals surface area contributed by atoms with Gasteiger partial charge in [-0.05, 0) is 119 Å². The molecule has 8 aromatic carbocycles. The summed E-state index contributed by atoms with van der Waals surface area (Å²) in [5.41, 5.74) is 12.9. The smallest absolute Gasteiger partial charge is 0.0991 e. The Bertz CT molecular complexity index is 3120. The minimum Gasteiger partial charge on any atom is -0.309 e. The fraction of sp³-hybridized carbons (Fsp3) is 0. The maximum Gasteiger partial charge on any atom is 0.0991 e. The van der Waals surface area contributed by atoms with E-state index in [0.717, 1.165) is 32.4 Å². The molecule has 274 valence electrons. The number of aromatic nitrogens is 2. The SMILES string of the molecule is N#Cc1ccc(-n2c3ccccc3c3ccc(-c4ccc5c(c4)c4cc(-c6ccccc6)ccc4n5-c4ccccc4)cc32)cc1.N#Cc1ccc(Br)cc1.[HH].[HH].[HH].[HH].[HH].[HH].[HH].[HH]. The van der Waals surface area contributed by atoms with Gasteiger partial charge in [-0.2, -0.15) is 10.5 Å². The lowest BCUT2D eigenvalue weighted by molar-refractivity contribution is 1.18. The van der Waals surface area contributed by atoms with Crippen molar-refractivity contribution in [1.29, 1.82) is 10.5 Å². The third-order valence-corrected chi connectivity index (χ3v) is 10.7. The Morgan fingerprint density at radius 1 is 0.364 bits per heavy atom. The summed E-state index contributed by atoms with van der Waals surface area (Å²) in [4.78, 5) is 0. The van der Waals surface area contributed by atoms with Gasteiger partial charge in [-0.3, -0.25) is 0 Å². The van der Waals surface area contributed by atoms with Gasteiger partial charge in [-0.1, -0.05) is 107 Å². The van der Waals surface area contributed by atoms with Gasteiger partial charge in [0.1, 0.15) is 0 Å². The van der Waals surface area contributed by atoms with Gasteiger partial charge in [0, 0.05) is 48.8 Å². The van der Waals surface area contributed by atoms with Gasteiger partial charge >= 0.3 is 0 Å². The van der Waals surface area contributed by atoms with E-state index in [4.69, 9.17) is 5.26 Å². The first-order valence-corrected chi connectivity index (χ1v) is 18.8. The van der Waals surface area contributed by atoms with Crippen LogP contribution < -0.4 is 0 Å². The van der Waals surface area contributed by atoms with Crippen LogP contribution in [0.15, 0.2) is 193 Å². The van der Waals surface area contributed by atoms with Crippen molar-refractivity contribution in [3.63, 3.8) is 0 Å². The van der Waals surface area contributed by atoms with Crippen LogP contribution in [0.4, 0.5) is 0 Å². The normalized spacial score (nSPS) is 11.0. The molecule has 4 nitrogen and oxygen atoms in total. The summed E-state index contributed by atoms with van der Waals surface area (Å²) >= 11 is 3.27. The van der Waals surface area contributed by atoms with E-state index in [9.17, 15) is 5.26 Å². The molecule has 0 atom stereocenters. The van der Waals surface area contributed by atoms with Crippen LogP contribution in [0, 0.1) is 22.7 Å². The second-order valence-electron chi connectivity index (χ2n) is 13.4. The van der Waals surface area contributed by atoms with Crippen molar-refractivity contribution in [2.24, 2.45) is 0 Å². The van der Waals surface area contributed by atoms with Crippen molar-refractivity contribution in [2.75, 3.05) is 0 Å². The van der Waals surface area contributed by atoms with Crippen LogP contribution in [-0.4, -0.2) is 9.13 Å². The molecule has 5 heteroatoms.